The number of likely N-dealkylation sites (tertiary alicyclic amines) is 1. The molecule has 2 aromatic heterocycles. The van der Waals surface area contributed by atoms with Crippen LogP contribution in [0.25, 0.3) is 33.3 Å². The number of phenols is 1. The lowest BCUT2D eigenvalue weighted by Gasteiger charge is -2.38. The van der Waals surface area contributed by atoms with E-state index in [1.165, 1.54) is 17.0 Å². The Morgan fingerprint density at radius 2 is 1.89 bits per heavy atom. The van der Waals surface area contributed by atoms with E-state index in [1.807, 2.05) is 50.2 Å². The molecule has 6 bridgehead atoms. The van der Waals surface area contributed by atoms with Gasteiger partial charge < -0.3 is 29.2 Å². The Balaban J connectivity index is 1.32. The van der Waals surface area contributed by atoms with Gasteiger partial charge in [0.05, 0.1) is 18.9 Å². The predicted octanol–water partition coefficient (Wildman–Crippen LogP) is 5.30. The van der Waals surface area contributed by atoms with Crippen LogP contribution in [0, 0.1) is 11.3 Å². The van der Waals surface area contributed by atoms with Crippen LogP contribution in [0.1, 0.15) is 64.2 Å². The smallest absolute Gasteiger partial charge is 0.410 e. The van der Waals surface area contributed by atoms with Gasteiger partial charge in [0, 0.05) is 81.0 Å². The number of aromatic hydroxyl groups is 1. The normalized spacial score (nSPS) is 20.3. The van der Waals surface area contributed by atoms with Crippen LogP contribution in [0.15, 0.2) is 54.9 Å². The number of methoxy groups -OCH3 is 1. The molecule has 0 radical (unpaired) electrons. The summed E-state index contributed by atoms with van der Waals surface area (Å²) in [6, 6.07) is 10.5. The Kier molecular flexibility index (Phi) is 13.3. The summed E-state index contributed by atoms with van der Waals surface area (Å²) in [6.07, 6.45) is 4.30. The van der Waals surface area contributed by atoms with Crippen molar-refractivity contribution in [2.45, 2.75) is 97.7 Å². The van der Waals surface area contributed by atoms with Crippen LogP contribution in [0.2, 0.25) is 0 Å². The third-order valence-corrected chi connectivity index (χ3v) is 12.2. The standard InChI is InChI=1S/C47H61N7O8/c1-9-53-40-13-12-30-21-35(40)36(42(53)37-23-48-15-14-31(37)26-60-8)22-47(4,5)27-61-45(58)38-11-10-16-54(50-38)44(57)39(19-29-17-32(30)20-33(55)18-29)49-43(56)41(28(2)3)52(7)46(59)62-34-24-51(6)25-34/h12-15,17-18,20-21,23,28,34,38-39,41,50,55H,9-11,16,19,22,24-27H2,1-8H3,(H,49,56)/t38-,39-,41?/m0/s1. The van der Waals surface area contributed by atoms with Gasteiger partial charge in [-0.3, -0.25) is 34.2 Å². The number of rotatable bonds is 9. The number of phenolic OH excluding ortho intramolecular Hbond substituents is 1. The molecule has 3 aliphatic rings. The van der Waals surface area contributed by atoms with Gasteiger partial charge >= 0.3 is 12.1 Å². The Morgan fingerprint density at radius 1 is 1.11 bits per heavy atom. The SMILES string of the molecule is CCn1c(-c2cnccc2COC)c2c3cc(ccc31)-c1cc(O)cc(c1)C[C@H](NC(=O)C(C(C)C)N(C)C(=O)OC1CN(C)C1)C(=O)N1CCC[C@H](N1)C(=O)OCC(C)(C)C2. The molecule has 0 aliphatic carbocycles. The van der Waals surface area contributed by atoms with Gasteiger partial charge in [0.2, 0.25) is 5.91 Å². The van der Waals surface area contributed by atoms with Gasteiger partial charge in [0.25, 0.3) is 5.91 Å². The van der Waals surface area contributed by atoms with Crippen LogP contribution in [-0.4, -0.2) is 125 Å². The highest BCUT2D eigenvalue weighted by molar-refractivity contribution is 5.96. The molecular weight excluding hydrogens is 791 g/mol. The number of carbonyl (C=O) groups is 4. The van der Waals surface area contributed by atoms with Crippen molar-refractivity contribution in [2.75, 3.05) is 47.4 Å². The van der Waals surface area contributed by atoms with Crippen LogP contribution in [0.4, 0.5) is 4.79 Å². The lowest BCUT2D eigenvalue weighted by Crippen LogP contribution is -2.62. The maximum Gasteiger partial charge on any atom is 0.410 e. The molecule has 15 heteroatoms. The average molecular weight is 852 g/mol. The van der Waals surface area contributed by atoms with Crippen molar-refractivity contribution in [3.05, 3.63) is 71.5 Å². The molecular formula is C47H61N7O8. The maximum absolute atomic E-state index is 14.6. The molecule has 0 saturated carbocycles. The summed E-state index contributed by atoms with van der Waals surface area (Å²) in [5.74, 6) is -1.80. The number of hydrogen-bond acceptors (Lipinski definition) is 11. The van der Waals surface area contributed by atoms with E-state index in [9.17, 15) is 24.3 Å². The fraction of sp³-hybridized carbons (Fsp3) is 0.511. The van der Waals surface area contributed by atoms with Gasteiger partial charge in [0.1, 0.15) is 30.0 Å². The molecule has 1 unspecified atom stereocenters. The number of aryl methyl sites for hydroxylation is 1. The second kappa shape index (κ2) is 18.5. The van der Waals surface area contributed by atoms with E-state index in [-0.39, 0.29) is 30.8 Å². The topological polar surface area (TPSA) is 168 Å². The van der Waals surface area contributed by atoms with Gasteiger partial charge in [-0.2, -0.15) is 0 Å². The summed E-state index contributed by atoms with van der Waals surface area (Å²) in [4.78, 5) is 63.8. The van der Waals surface area contributed by atoms with Crippen LogP contribution in [0.3, 0.4) is 0 Å². The molecule has 2 saturated heterocycles. The van der Waals surface area contributed by atoms with E-state index in [0.29, 0.717) is 57.6 Å². The van der Waals surface area contributed by atoms with E-state index >= 15 is 0 Å². The summed E-state index contributed by atoms with van der Waals surface area (Å²) in [6.45, 7) is 12.6. The number of likely N-dealkylation sites (N-methyl/N-ethyl adjacent to an activating group) is 2. The summed E-state index contributed by atoms with van der Waals surface area (Å²) < 4.78 is 19.7. The molecule has 2 aromatic carbocycles. The van der Waals surface area contributed by atoms with Crippen LogP contribution >= 0.6 is 0 Å². The highest BCUT2D eigenvalue weighted by Crippen LogP contribution is 2.41. The predicted molar refractivity (Wildman–Crippen MR) is 235 cm³/mol. The Bertz CT molecular complexity index is 2320. The second-order valence-corrected chi connectivity index (χ2v) is 18.2. The third kappa shape index (κ3) is 9.44. The molecule has 3 N–H and O–H groups in total. The van der Waals surface area contributed by atoms with Crippen molar-refractivity contribution < 1.29 is 38.5 Å². The summed E-state index contributed by atoms with van der Waals surface area (Å²) in [5.41, 5.74) is 9.81. The lowest BCUT2D eigenvalue weighted by atomic mass is 9.84. The zero-order valence-corrected chi connectivity index (χ0v) is 37.2. The number of pyridine rings is 1. The fourth-order valence-electron chi connectivity index (χ4n) is 9.17. The number of amides is 3. The van der Waals surface area contributed by atoms with Crippen LogP contribution < -0.4 is 10.7 Å². The molecule has 3 aliphatic heterocycles. The number of esters is 1. The molecule has 4 aromatic rings. The Morgan fingerprint density at radius 3 is 2.60 bits per heavy atom. The van der Waals surface area contributed by atoms with Crippen LogP contribution in [-0.2, 0) is 54.6 Å². The number of aromatic nitrogens is 2. The number of cyclic esters (lactones) is 1. The minimum atomic E-state index is -1.14. The Labute approximate surface area is 363 Å². The fourth-order valence-corrected chi connectivity index (χ4v) is 9.17. The molecule has 332 valence electrons. The molecule has 5 heterocycles. The number of nitrogens with zero attached hydrogens (tertiary/aromatic N) is 5. The van der Waals surface area contributed by atoms with Crippen molar-refractivity contribution in [2.24, 2.45) is 11.3 Å². The first kappa shape index (κ1) is 44.5. The van der Waals surface area contributed by atoms with Gasteiger partial charge in [0.15, 0.2) is 0 Å². The largest absolute Gasteiger partial charge is 0.508 e. The van der Waals surface area contributed by atoms with E-state index in [2.05, 4.69) is 53.2 Å². The van der Waals surface area contributed by atoms with E-state index < -0.39 is 47.4 Å². The number of nitrogens with one attached hydrogen (secondary N) is 2. The van der Waals surface area contributed by atoms with Gasteiger partial charge in [-0.05, 0) is 97.3 Å². The van der Waals surface area contributed by atoms with Crippen molar-refractivity contribution in [3.63, 3.8) is 0 Å². The van der Waals surface area contributed by atoms with E-state index in [4.69, 9.17) is 14.2 Å². The van der Waals surface area contributed by atoms with Crippen molar-refractivity contribution in [1.82, 2.24) is 35.1 Å². The number of benzene rings is 2. The Hall–Kier alpha value is -5.51. The quantitative estimate of drug-likeness (QED) is 0.187. The summed E-state index contributed by atoms with van der Waals surface area (Å²) >= 11 is 0. The molecule has 3 amide bonds. The average Bonchev–Trinajstić information content (AvgIpc) is 3.52. The second-order valence-electron chi connectivity index (χ2n) is 18.2. The molecule has 0 spiro atoms. The first-order valence-corrected chi connectivity index (χ1v) is 21.6. The lowest BCUT2D eigenvalue weighted by molar-refractivity contribution is -0.155. The first-order valence-electron chi connectivity index (χ1n) is 21.6. The number of carbonyl (C=O) groups excluding carboxylic acids is 4. The minimum Gasteiger partial charge on any atom is -0.508 e. The first-order chi connectivity index (χ1) is 29.6. The molecule has 3 atom stereocenters. The molecule has 15 nitrogen and oxygen atoms in total. The summed E-state index contributed by atoms with van der Waals surface area (Å²) in [5, 5.41) is 16.6. The highest BCUT2D eigenvalue weighted by Gasteiger charge is 2.39. The van der Waals surface area contributed by atoms with Crippen molar-refractivity contribution in [3.8, 4) is 28.1 Å². The molecule has 2 fully saturated rings. The van der Waals surface area contributed by atoms with Gasteiger partial charge in [-0.25, -0.2) is 10.2 Å². The zero-order valence-electron chi connectivity index (χ0n) is 37.2. The molecule has 62 heavy (non-hydrogen) atoms. The van der Waals surface area contributed by atoms with Gasteiger partial charge in [-0.1, -0.05) is 39.8 Å². The highest BCUT2D eigenvalue weighted by atomic mass is 16.6. The summed E-state index contributed by atoms with van der Waals surface area (Å²) in [7, 11) is 5.14. The van der Waals surface area contributed by atoms with E-state index in [1.54, 1.807) is 25.4 Å². The maximum atomic E-state index is 14.6. The monoisotopic (exact) mass is 851 g/mol. The third-order valence-electron chi connectivity index (χ3n) is 12.2. The van der Waals surface area contributed by atoms with Crippen molar-refractivity contribution in [1.29, 1.82) is 0 Å². The van der Waals surface area contributed by atoms with Crippen LogP contribution in [0.5, 0.6) is 5.75 Å². The van der Waals surface area contributed by atoms with Gasteiger partial charge in [-0.15, -0.1) is 0 Å². The molecule has 7 rings (SSSR count). The zero-order chi connectivity index (χ0) is 44.5. The number of hydrazine groups is 1. The minimum absolute atomic E-state index is 0.000324. The number of fused-ring (bicyclic) bond motifs is 6. The van der Waals surface area contributed by atoms with E-state index in [0.717, 1.165) is 44.4 Å². The van der Waals surface area contributed by atoms with Crippen molar-refractivity contribution >= 4 is 34.8 Å². The number of hydrogen-bond donors (Lipinski definition) is 3. The number of ether oxygens (including phenoxy) is 3.